The molecule has 1 aromatic carbocycles. The Hall–Kier alpha value is -0.960. The van der Waals surface area contributed by atoms with E-state index in [4.69, 9.17) is 0 Å². The SMILES string of the molecule is CC(F)(F)c1csc2ccccc12. The molecular formula is C10H8F2S. The molecule has 0 spiro atoms. The van der Waals surface area contributed by atoms with Crippen molar-refractivity contribution in [2.24, 2.45) is 0 Å². The number of halogens is 2. The van der Waals surface area contributed by atoms with Gasteiger partial charge in [-0.1, -0.05) is 18.2 Å². The van der Waals surface area contributed by atoms with Crippen molar-refractivity contribution in [3.63, 3.8) is 0 Å². The highest BCUT2D eigenvalue weighted by atomic mass is 32.1. The summed E-state index contributed by atoms with van der Waals surface area (Å²) in [6.45, 7) is 0.932. The van der Waals surface area contributed by atoms with Crippen LogP contribution in [0.4, 0.5) is 8.78 Å². The van der Waals surface area contributed by atoms with Crippen molar-refractivity contribution < 1.29 is 8.78 Å². The molecule has 0 saturated heterocycles. The molecule has 0 atom stereocenters. The maximum atomic E-state index is 13.0. The maximum Gasteiger partial charge on any atom is 0.271 e. The van der Waals surface area contributed by atoms with Crippen LogP contribution in [0.3, 0.4) is 0 Å². The molecule has 1 aromatic heterocycles. The van der Waals surface area contributed by atoms with Gasteiger partial charge in [0.25, 0.3) is 5.92 Å². The average Bonchev–Trinajstić information content (AvgIpc) is 2.45. The molecule has 0 bridgehead atoms. The van der Waals surface area contributed by atoms with Crippen LogP contribution in [0, 0.1) is 0 Å². The highest BCUT2D eigenvalue weighted by molar-refractivity contribution is 7.17. The molecule has 0 fully saturated rings. The molecule has 2 aromatic rings. The average molecular weight is 198 g/mol. The molecule has 0 aliphatic rings. The Morgan fingerprint density at radius 1 is 1.23 bits per heavy atom. The lowest BCUT2D eigenvalue weighted by Crippen LogP contribution is -2.05. The van der Waals surface area contributed by atoms with E-state index < -0.39 is 5.92 Å². The Kier molecular flexibility index (Phi) is 1.84. The van der Waals surface area contributed by atoms with Gasteiger partial charge in [0.05, 0.1) is 0 Å². The Bertz CT molecular complexity index is 426. The predicted octanol–water partition coefficient (Wildman–Crippen LogP) is 4.01. The highest BCUT2D eigenvalue weighted by Crippen LogP contribution is 2.36. The monoisotopic (exact) mass is 198 g/mol. The summed E-state index contributed by atoms with van der Waals surface area (Å²) in [4.78, 5) is 0. The summed E-state index contributed by atoms with van der Waals surface area (Å²) < 4.78 is 27.0. The van der Waals surface area contributed by atoms with Gasteiger partial charge in [0, 0.05) is 28.0 Å². The summed E-state index contributed by atoms with van der Waals surface area (Å²) in [7, 11) is 0. The fourth-order valence-corrected chi connectivity index (χ4v) is 2.36. The first-order valence-electron chi connectivity index (χ1n) is 3.93. The fourth-order valence-electron chi connectivity index (χ4n) is 1.32. The van der Waals surface area contributed by atoms with Crippen LogP contribution in [0.5, 0.6) is 0 Å². The Balaban J connectivity index is 2.72. The number of fused-ring (bicyclic) bond motifs is 1. The van der Waals surface area contributed by atoms with Crippen LogP contribution < -0.4 is 0 Å². The lowest BCUT2D eigenvalue weighted by molar-refractivity contribution is 0.0195. The zero-order valence-corrected chi connectivity index (χ0v) is 7.87. The van der Waals surface area contributed by atoms with Gasteiger partial charge in [-0.3, -0.25) is 0 Å². The second kappa shape index (κ2) is 2.77. The summed E-state index contributed by atoms with van der Waals surface area (Å²) in [5.74, 6) is -2.74. The van der Waals surface area contributed by atoms with E-state index in [1.165, 1.54) is 16.7 Å². The van der Waals surface area contributed by atoms with Gasteiger partial charge in [-0.05, 0) is 6.07 Å². The van der Waals surface area contributed by atoms with Crippen LogP contribution in [-0.4, -0.2) is 0 Å². The van der Waals surface area contributed by atoms with Crippen LogP contribution in [0.2, 0.25) is 0 Å². The van der Waals surface area contributed by atoms with E-state index in [2.05, 4.69) is 0 Å². The van der Waals surface area contributed by atoms with Crippen molar-refractivity contribution in [2.75, 3.05) is 0 Å². The second-order valence-electron chi connectivity index (χ2n) is 3.03. The van der Waals surface area contributed by atoms with Crippen LogP contribution in [0.15, 0.2) is 29.6 Å². The molecule has 3 heteroatoms. The van der Waals surface area contributed by atoms with Gasteiger partial charge in [-0.2, -0.15) is 0 Å². The van der Waals surface area contributed by atoms with Crippen molar-refractivity contribution in [3.05, 3.63) is 35.2 Å². The summed E-state index contributed by atoms with van der Waals surface area (Å²) in [5.41, 5.74) is 0.133. The van der Waals surface area contributed by atoms with E-state index in [9.17, 15) is 8.78 Å². The molecule has 0 amide bonds. The van der Waals surface area contributed by atoms with Crippen LogP contribution >= 0.6 is 11.3 Å². The molecule has 0 unspecified atom stereocenters. The quantitative estimate of drug-likeness (QED) is 0.649. The predicted molar refractivity (Wildman–Crippen MR) is 51.4 cm³/mol. The smallest absolute Gasteiger partial charge is 0.202 e. The Morgan fingerprint density at radius 3 is 2.62 bits per heavy atom. The van der Waals surface area contributed by atoms with Crippen LogP contribution in [-0.2, 0) is 5.92 Å². The van der Waals surface area contributed by atoms with Crippen molar-refractivity contribution in [2.45, 2.75) is 12.8 Å². The van der Waals surface area contributed by atoms with Gasteiger partial charge >= 0.3 is 0 Å². The molecule has 0 saturated carbocycles. The van der Waals surface area contributed by atoms with E-state index >= 15 is 0 Å². The van der Waals surface area contributed by atoms with Crippen LogP contribution in [0.1, 0.15) is 12.5 Å². The molecule has 0 N–H and O–H groups in total. The number of alkyl halides is 2. The zero-order valence-electron chi connectivity index (χ0n) is 7.05. The largest absolute Gasteiger partial charge is 0.271 e. The maximum absolute atomic E-state index is 13.0. The van der Waals surface area contributed by atoms with Crippen molar-refractivity contribution in [3.8, 4) is 0 Å². The molecule has 1 heterocycles. The number of benzene rings is 1. The molecule has 0 nitrogen and oxygen atoms in total. The summed E-state index contributed by atoms with van der Waals surface area (Å²) in [6, 6.07) is 7.23. The normalized spacial score (nSPS) is 12.2. The van der Waals surface area contributed by atoms with E-state index in [1.54, 1.807) is 12.1 Å². The van der Waals surface area contributed by atoms with Gasteiger partial charge in [-0.15, -0.1) is 11.3 Å². The lowest BCUT2D eigenvalue weighted by Gasteiger charge is -2.07. The Morgan fingerprint density at radius 2 is 1.92 bits per heavy atom. The first kappa shape index (κ1) is 8.63. The third-order valence-electron chi connectivity index (χ3n) is 1.95. The third-order valence-corrected chi connectivity index (χ3v) is 2.92. The highest BCUT2D eigenvalue weighted by Gasteiger charge is 2.27. The topological polar surface area (TPSA) is 0 Å². The van der Waals surface area contributed by atoms with Crippen molar-refractivity contribution >= 4 is 21.4 Å². The van der Waals surface area contributed by atoms with Gasteiger partial charge in [0.2, 0.25) is 0 Å². The van der Waals surface area contributed by atoms with Gasteiger partial charge in [0.15, 0.2) is 0 Å². The zero-order chi connectivity index (χ0) is 9.47. The summed E-state index contributed by atoms with van der Waals surface area (Å²) in [5, 5.41) is 2.20. The fraction of sp³-hybridized carbons (Fsp3) is 0.200. The van der Waals surface area contributed by atoms with Gasteiger partial charge < -0.3 is 0 Å². The van der Waals surface area contributed by atoms with Gasteiger partial charge in [0.1, 0.15) is 0 Å². The number of thiophene rings is 1. The lowest BCUT2D eigenvalue weighted by atomic mass is 10.1. The standard InChI is InChI=1S/C10H8F2S/c1-10(11,12)8-6-13-9-5-3-2-4-7(8)9/h2-6H,1H3. The summed E-state index contributed by atoms with van der Waals surface area (Å²) in [6.07, 6.45) is 0. The van der Waals surface area contributed by atoms with Crippen molar-refractivity contribution in [1.29, 1.82) is 0 Å². The molecule has 0 radical (unpaired) electrons. The first-order valence-corrected chi connectivity index (χ1v) is 4.81. The number of rotatable bonds is 1. The number of hydrogen-bond donors (Lipinski definition) is 0. The summed E-state index contributed by atoms with van der Waals surface area (Å²) >= 11 is 1.36. The van der Waals surface area contributed by atoms with Crippen LogP contribution in [0.25, 0.3) is 10.1 Å². The minimum atomic E-state index is -2.74. The minimum Gasteiger partial charge on any atom is -0.202 e. The molecular weight excluding hydrogens is 190 g/mol. The van der Waals surface area contributed by atoms with E-state index in [-0.39, 0.29) is 5.56 Å². The number of hydrogen-bond acceptors (Lipinski definition) is 1. The molecule has 68 valence electrons. The molecule has 2 rings (SSSR count). The second-order valence-corrected chi connectivity index (χ2v) is 3.95. The van der Waals surface area contributed by atoms with Crippen molar-refractivity contribution in [1.82, 2.24) is 0 Å². The molecule has 0 aliphatic heterocycles. The van der Waals surface area contributed by atoms with Gasteiger partial charge in [-0.25, -0.2) is 8.78 Å². The Labute approximate surface area is 78.8 Å². The van der Waals surface area contributed by atoms with E-state index in [1.807, 2.05) is 12.1 Å². The molecule has 0 aliphatic carbocycles. The third kappa shape index (κ3) is 1.44. The first-order chi connectivity index (χ1) is 6.09. The molecule has 13 heavy (non-hydrogen) atoms. The minimum absolute atomic E-state index is 0.133. The van der Waals surface area contributed by atoms with E-state index in [0.717, 1.165) is 11.6 Å². The van der Waals surface area contributed by atoms with E-state index in [0.29, 0.717) is 5.39 Å².